The fraction of sp³-hybridized carbons (Fsp3) is 0.222. The molecular weight excluding hydrogens is 338 g/mol. The van der Waals surface area contributed by atoms with Crippen LogP contribution in [-0.4, -0.2) is 32.7 Å². The second kappa shape index (κ2) is 5.70. The smallest absolute Gasteiger partial charge is 0.263 e. The zero-order valence-corrected chi connectivity index (χ0v) is 14.5. The fourth-order valence-electron chi connectivity index (χ4n) is 3.42. The third-order valence-electron chi connectivity index (χ3n) is 4.51. The summed E-state index contributed by atoms with van der Waals surface area (Å²) in [5.41, 5.74) is 2.56. The van der Waals surface area contributed by atoms with Gasteiger partial charge in [-0.1, -0.05) is 30.3 Å². The normalized spacial score (nSPS) is 21.7. The van der Waals surface area contributed by atoms with Crippen LogP contribution in [0.1, 0.15) is 18.1 Å². The van der Waals surface area contributed by atoms with Crippen LogP contribution in [0, 0.1) is 0 Å². The Kier molecular flexibility index (Phi) is 3.61. The third-order valence-corrected chi connectivity index (χ3v) is 5.91. The zero-order valence-electron chi connectivity index (χ0n) is 13.6. The number of hydrogen-bond acceptors (Lipinski definition) is 4. The Morgan fingerprint density at radius 2 is 1.92 bits per heavy atom. The van der Waals surface area contributed by atoms with Gasteiger partial charge in [0.05, 0.1) is 4.90 Å². The van der Waals surface area contributed by atoms with E-state index in [1.807, 2.05) is 31.2 Å². The lowest BCUT2D eigenvalue weighted by molar-refractivity contribution is -0.117. The molecule has 2 aromatic carbocycles. The number of amides is 1. The van der Waals surface area contributed by atoms with Gasteiger partial charge in [0.1, 0.15) is 12.4 Å². The van der Waals surface area contributed by atoms with Crippen LogP contribution in [0.15, 0.2) is 58.4 Å². The lowest BCUT2D eigenvalue weighted by atomic mass is 10.1. The van der Waals surface area contributed by atoms with Crippen molar-refractivity contribution >= 4 is 27.5 Å². The van der Waals surface area contributed by atoms with Crippen molar-refractivity contribution in [2.45, 2.75) is 24.3 Å². The molecule has 2 aliphatic rings. The molecule has 6 nitrogen and oxygen atoms in total. The number of nitrogens with zero attached hydrogens (tertiary/aromatic N) is 2. The molecule has 1 amide bonds. The average Bonchev–Trinajstić information content (AvgIpc) is 3.06. The maximum absolute atomic E-state index is 12.7. The largest absolute Gasteiger partial charge is 0.307 e. The molecule has 0 saturated heterocycles. The molecule has 7 heteroatoms. The number of nitrogens with one attached hydrogen (secondary N) is 1. The minimum atomic E-state index is -3.59. The highest BCUT2D eigenvalue weighted by Gasteiger charge is 2.32. The predicted octanol–water partition coefficient (Wildman–Crippen LogP) is 1.70. The van der Waals surface area contributed by atoms with E-state index >= 15 is 0 Å². The Labute approximate surface area is 146 Å². The van der Waals surface area contributed by atoms with E-state index in [2.05, 4.69) is 9.71 Å². The molecule has 25 heavy (non-hydrogen) atoms. The van der Waals surface area contributed by atoms with Crippen LogP contribution < -0.4 is 9.62 Å². The summed E-state index contributed by atoms with van der Waals surface area (Å²) in [6.45, 7) is 1.89. The number of anilines is 1. The first-order valence-electron chi connectivity index (χ1n) is 8.04. The Bertz CT molecular complexity index is 998. The van der Waals surface area contributed by atoms with Gasteiger partial charge in [-0.3, -0.25) is 14.5 Å². The van der Waals surface area contributed by atoms with Gasteiger partial charge < -0.3 is 4.90 Å². The molecule has 1 N–H and O–H groups in total. The number of aliphatic imine (C=N–C) groups is 1. The first-order valence-corrected chi connectivity index (χ1v) is 9.52. The van der Waals surface area contributed by atoms with Gasteiger partial charge >= 0.3 is 0 Å². The Morgan fingerprint density at radius 1 is 1.20 bits per heavy atom. The number of rotatable bonds is 2. The number of para-hydroxylation sites is 1. The standard InChI is InChI=1S/C18H17N3O3S/c1-12-10-13-6-2-4-8-15(13)21(12)17(22)11-19-18-14-7-3-5-9-16(14)25(23,24)20-18/h2-9,12H,10-11H2,1H3,(H,19,20)/t12-/m0/s1. The summed E-state index contributed by atoms with van der Waals surface area (Å²) in [6.07, 6.45) is 0.813. The van der Waals surface area contributed by atoms with Gasteiger partial charge in [-0.15, -0.1) is 0 Å². The molecule has 4 rings (SSSR count). The Hall–Kier alpha value is -2.67. The van der Waals surface area contributed by atoms with Crippen molar-refractivity contribution in [1.82, 2.24) is 4.72 Å². The zero-order chi connectivity index (χ0) is 17.6. The minimum Gasteiger partial charge on any atom is -0.307 e. The van der Waals surface area contributed by atoms with Gasteiger partial charge in [0.15, 0.2) is 0 Å². The maximum atomic E-state index is 12.7. The SMILES string of the molecule is C[C@H]1Cc2ccccc2N1C(=O)CN=C1NS(=O)(=O)c2ccccc21. The molecule has 128 valence electrons. The summed E-state index contributed by atoms with van der Waals surface area (Å²) in [7, 11) is -3.59. The average molecular weight is 355 g/mol. The molecule has 0 unspecified atom stereocenters. The monoisotopic (exact) mass is 355 g/mol. The predicted molar refractivity (Wildman–Crippen MR) is 95.3 cm³/mol. The minimum absolute atomic E-state index is 0.0673. The molecule has 0 fully saturated rings. The van der Waals surface area contributed by atoms with Gasteiger partial charge in [0, 0.05) is 17.3 Å². The second-order valence-corrected chi connectivity index (χ2v) is 7.86. The molecule has 2 heterocycles. The van der Waals surface area contributed by atoms with E-state index in [0.717, 1.165) is 17.7 Å². The number of hydrogen-bond donors (Lipinski definition) is 1. The van der Waals surface area contributed by atoms with Crippen molar-refractivity contribution in [3.8, 4) is 0 Å². The van der Waals surface area contributed by atoms with Crippen LogP contribution in [0.25, 0.3) is 0 Å². The lowest BCUT2D eigenvalue weighted by Crippen LogP contribution is -2.37. The van der Waals surface area contributed by atoms with E-state index in [1.165, 1.54) is 6.07 Å². The van der Waals surface area contributed by atoms with E-state index < -0.39 is 10.0 Å². The highest BCUT2D eigenvalue weighted by atomic mass is 32.2. The van der Waals surface area contributed by atoms with Crippen LogP contribution >= 0.6 is 0 Å². The molecule has 0 radical (unpaired) electrons. The Morgan fingerprint density at radius 3 is 2.76 bits per heavy atom. The van der Waals surface area contributed by atoms with E-state index in [4.69, 9.17) is 0 Å². The van der Waals surface area contributed by atoms with Crippen LogP contribution in [0.3, 0.4) is 0 Å². The van der Waals surface area contributed by atoms with Crippen molar-refractivity contribution in [1.29, 1.82) is 0 Å². The van der Waals surface area contributed by atoms with E-state index in [-0.39, 0.29) is 29.2 Å². The molecular formula is C18H17N3O3S. The number of carbonyl (C=O) groups is 1. The summed E-state index contributed by atoms with van der Waals surface area (Å²) in [5, 5.41) is 0. The molecule has 2 aromatic rings. The van der Waals surface area contributed by atoms with Crippen LogP contribution in [0.2, 0.25) is 0 Å². The van der Waals surface area contributed by atoms with Crippen LogP contribution in [0.4, 0.5) is 5.69 Å². The van der Waals surface area contributed by atoms with E-state index in [9.17, 15) is 13.2 Å². The van der Waals surface area contributed by atoms with Gasteiger partial charge in [-0.05, 0) is 37.1 Å². The van der Waals surface area contributed by atoms with Gasteiger partial charge in [-0.2, -0.15) is 0 Å². The van der Waals surface area contributed by atoms with Crippen molar-refractivity contribution < 1.29 is 13.2 Å². The second-order valence-electron chi connectivity index (χ2n) is 6.21. The van der Waals surface area contributed by atoms with Crippen molar-refractivity contribution in [2.75, 3.05) is 11.4 Å². The van der Waals surface area contributed by atoms with Gasteiger partial charge in [0.25, 0.3) is 10.0 Å². The maximum Gasteiger partial charge on any atom is 0.263 e. The number of benzene rings is 2. The highest BCUT2D eigenvalue weighted by molar-refractivity contribution is 7.90. The topological polar surface area (TPSA) is 78.8 Å². The Balaban J connectivity index is 1.60. The van der Waals surface area contributed by atoms with Crippen molar-refractivity contribution in [3.05, 3.63) is 59.7 Å². The quantitative estimate of drug-likeness (QED) is 0.891. The fourth-order valence-corrected chi connectivity index (χ4v) is 4.67. The van der Waals surface area contributed by atoms with Crippen LogP contribution in [0.5, 0.6) is 0 Å². The first kappa shape index (κ1) is 15.8. The molecule has 1 atom stereocenters. The molecule has 0 saturated carbocycles. The summed E-state index contributed by atoms with van der Waals surface area (Å²) in [4.78, 5) is 18.9. The number of amidine groups is 1. The molecule has 0 bridgehead atoms. The summed E-state index contributed by atoms with van der Waals surface area (Å²) >= 11 is 0. The first-order chi connectivity index (χ1) is 12.0. The van der Waals surface area contributed by atoms with Crippen molar-refractivity contribution in [2.24, 2.45) is 4.99 Å². The highest BCUT2D eigenvalue weighted by Crippen LogP contribution is 2.31. The molecule has 0 spiro atoms. The molecule has 0 aromatic heterocycles. The third kappa shape index (κ3) is 2.60. The van der Waals surface area contributed by atoms with Crippen LogP contribution in [-0.2, 0) is 21.2 Å². The number of sulfonamides is 1. The van der Waals surface area contributed by atoms with E-state index in [1.54, 1.807) is 23.1 Å². The molecule has 2 aliphatic heterocycles. The van der Waals surface area contributed by atoms with Gasteiger partial charge in [-0.25, -0.2) is 8.42 Å². The van der Waals surface area contributed by atoms with E-state index in [0.29, 0.717) is 5.56 Å². The lowest BCUT2D eigenvalue weighted by Gasteiger charge is -2.21. The summed E-state index contributed by atoms with van der Waals surface area (Å²) in [5.74, 6) is 0.0811. The van der Waals surface area contributed by atoms with Crippen molar-refractivity contribution in [3.63, 3.8) is 0 Å². The van der Waals surface area contributed by atoms with Gasteiger partial charge in [0.2, 0.25) is 5.91 Å². The number of fused-ring (bicyclic) bond motifs is 2. The number of carbonyl (C=O) groups excluding carboxylic acids is 1. The summed E-state index contributed by atoms with van der Waals surface area (Å²) < 4.78 is 26.6. The summed E-state index contributed by atoms with van der Waals surface area (Å²) in [6, 6.07) is 14.5. The molecule has 0 aliphatic carbocycles.